The molecule has 26 heavy (non-hydrogen) atoms. The maximum Gasteiger partial charge on any atom is 0.416 e. The summed E-state index contributed by atoms with van der Waals surface area (Å²) >= 11 is 5.97. The highest BCUT2D eigenvalue weighted by atomic mass is 35.5. The van der Waals surface area contributed by atoms with Crippen LogP contribution in [-0.4, -0.2) is 17.4 Å². The van der Waals surface area contributed by atoms with Gasteiger partial charge >= 0.3 is 6.18 Å². The van der Waals surface area contributed by atoms with E-state index in [4.69, 9.17) is 11.6 Å². The third kappa shape index (κ3) is 5.62. The van der Waals surface area contributed by atoms with Crippen molar-refractivity contribution in [1.82, 2.24) is 10.3 Å². The molecule has 0 spiro atoms. The van der Waals surface area contributed by atoms with Crippen LogP contribution in [0.25, 0.3) is 0 Å². The normalized spacial score (nSPS) is 11.5. The largest absolute Gasteiger partial charge is 0.416 e. The van der Waals surface area contributed by atoms with E-state index in [1.165, 1.54) is 24.5 Å². The first kappa shape index (κ1) is 20.0. The molecule has 0 saturated carbocycles. The van der Waals surface area contributed by atoms with E-state index < -0.39 is 11.7 Å². The quantitative estimate of drug-likeness (QED) is 0.711. The molecule has 1 amide bonds. The number of nitrogens with zero attached hydrogens (tertiary/aromatic N) is 1. The molecule has 8 heteroatoms. The maximum atomic E-state index is 12.8. The van der Waals surface area contributed by atoms with E-state index in [0.29, 0.717) is 23.7 Å². The van der Waals surface area contributed by atoms with E-state index in [-0.39, 0.29) is 16.6 Å². The van der Waals surface area contributed by atoms with Crippen molar-refractivity contribution in [3.63, 3.8) is 0 Å². The number of halogens is 4. The van der Waals surface area contributed by atoms with Crippen molar-refractivity contribution in [2.24, 2.45) is 5.92 Å². The number of amides is 1. The number of aromatic nitrogens is 1. The minimum Gasteiger partial charge on any atom is -0.353 e. The minimum atomic E-state index is -4.47. The summed E-state index contributed by atoms with van der Waals surface area (Å²) in [6, 6.07) is 4.50. The van der Waals surface area contributed by atoms with E-state index >= 15 is 0 Å². The van der Waals surface area contributed by atoms with Gasteiger partial charge in [-0.25, -0.2) is 0 Å². The summed E-state index contributed by atoms with van der Waals surface area (Å²) in [5, 5.41) is 5.69. The number of rotatable bonds is 6. The molecule has 0 aliphatic carbocycles. The number of alkyl halides is 3. The summed E-state index contributed by atoms with van der Waals surface area (Å²) in [6.45, 7) is 4.64. The number of carbonyl (C=O) groups excluding carboxylic acids is 1. The molecule has 0 saturated heterocycles. The topological polar surface area (TPSA) is 54.0 Å². The Labute approximate surface area is 154 Å². The number of nitrogens with one attached hydrogen (secondary N) is 2. The lowest BCUT2D eigenvalue weighted by Crippen LogP contribution is -2.25. The summed E-state index contributed by atoms with van der Waals surface area (Å²) in [5.41, 5.74) is -0.0646. The molecule has 1 aromatic heterocycles. The fourth-order valence-electron chi connectivity index (χ4n) is 2.16. The van der Waals surface area contributed by atoms with Crippen LogP contribution in [0.15, 0.2) is 36.7 Å². The van der Waals surface area contributed by atoms with Gasteiger partial charge in [0.15, 0.2) is 0 Å². The lowest BCUT2D eigenvalue weighted by Gasteiger charge is -2.13. The predicted molar refractivity (Wildman–Crippen MR) is 95.8 cm³/mol. The monoisotopic (exact) mass is 385 g/mol. The zero-order chi connectivity index (χ0) is 19.3. The van der Waals surface area contributed by atoms with Gasteiger partial charge in [0.1, 0.15) is 0 Å². The maximum absolute atomic E-state index is 12.8. The van der Waals surface area contributed by atoms with Gasteiger partial charge in [-0.05, 0) is 36.6 Å². The first-order valence-electron chi connectivity index (χ1n) is 8.04. The SMILES string of the molecule is CC(C)CCNC(=O)c1cncc(Nc2cc(C(F)(F)F)ccc2Cl)c1. The number of hydrogen-bond donors (Lipinski definition) is 2. The molecule has 0 aliphatic heterocycles. The highest BCUT2D eigenvalue weighted by Crippen LogP contribution is 2.34. The Morgan fingerprint density at radius 2 is 1.96 bits per heavy atom. The van der Waals surface area contributed by atoms with Gasteiger partial charge in [-0.3, -0.25) is 9.78 Å². The van der Waals surface area contributed by atoms with E-state index in [1.54, 1.807) is 0 Å². The van der Waals surface area contributed by atoms with Crippen molar-refractivity contribution in [2.75, 3.05) is 11.9 Å². The van der Waals surface area contributed by atoms with Crippen LogP contribution in [0.1, 0.15) is 36.2 Å². The molecule has 0 atom stereocenters. The molecular weight excluding hydrogens is 367 g/mol. The van der Waals surface area contributed by atoms with Crippen molar-refractivity contribution in [1.29, 1.82) is 0 Å². The lowest BCUT2D eigenvalue weighted by atomic mass is 10.1. The van der Waals surface area contributed by atoms with Gasteiger partial charge in [-0.2, -0.15) is 13.2 Å². The Bertz CT molecular complexity index is 779. The number of benzene rings is 1. The second kappa shape index (κ2) is 8.40. The molecule has 140 valence electrons. The third-order valence-electron chi connectivity index (χ3n) is 3.58. The van der Waals surface area contributed by atoms with Crippen molar-refractivity contribution < 1.29 is 18.0 Å². The standard InChI is InChI=1S/C18H19ClF3N3O/c1-11(2)5-6-24-17(26)12-7-14(10-23-9-12)25-16-8-13(18(20,21)22)3-4-15(16)19/h3-4,7-11,25H,5-6H2,1-2H3,(H,24,26). The average Bonchev–Trinajstić information content (AvgIpc) is 2.55. The van der Waals surface area contributed by atoms with Crippen LogP contribution >= 0.6 is 11.6 Å². The first-order chi connectivity index (χ1) is 12.2. The van der Waals surface area contributed by atoms with Crippen molar-refractivity contribution in [2.45, 2.75) is 26.4 Å². The van der Waals surface area contributed by atoms with Crippen molar-refractivity contribution in [3.8, 4) is 0 Å². The highest BCUT2D eigenvalue weighted by molar-refractivity contribution is 6.33. The second-order valence-corrected chi connectivity index (χ2v) is 6.63. The molecule has 1 aromatic carbocycles. The van der Waals surface area contributed by atoms with Gasteiger partial charge in [0.05, 0.1) is 33.7 Å². The fraction of sp³-hybridized carbons (Fsp3) is 0.333. The molecule has 2 N–H and O–H groups in total. The molecule has 0 unspecified atom stereocenters. The number of anilines is 2. The van der Waals surface area contributed by atoms with E-state index in [1.807, 2.05) is 0 Å². The van der Waals surface area contributed by atoms with Crippen LogP contribution in [0.3, 0.4) is 0 Å². The lowest BCUT2D eigenvalue weighted by molar-refractivity contribution is -0.137. The zero-order valence-corrected chi connectivity index (χ0v) is 15.1. The first-order valence-corrected chi connectivity index (χ1v) is 8.41. The van der Waals surface area contributed by atoms with E-state index in [9.17, 15) is 18.0 Å². The van der Waals surface area contributed by atoms with Gasteiger partial charge in [0, 0.05) is 12.7 Å². The van der Waals surface area contributed by atoms with Gasteiger partial charge in [0.2, 0.25) is 0 Å². The van der Waals surface area contributed by atoms with Crippen molar-refractivity contribution >= 4 is 28.9 Å². The molecule has 0 radical (unpaired) electrons. The Hall–Kier alpha value is -2.28. The smallest absolute Gasteiger partial charge is 0.353 e. The second-order valence-electron chi connectivity index (χ2n) is 6.22. The number of carbonyl (C=O) groups is 1. The van der Waals surface area contributed by atoms with Crippen LogP contribution < -0.4 is 10.6 Å². The Balaban J connectivity index is 2.15. The minimum absolute atomic E-state index is 0.0839. The third-order valence-corrected chi connectivity index (χ3v) is 3.91. The van der Waals surface area contributed by atoms with E-state index in [2.05, 4.69) is 29.5 Å². The molecule has 0 fully saturated rings. The van der Waals surface area contributed by atoms with Crippen LogP contribution in [-0.2, 0) is 6.18 Å². The van der Waals surface area contributed by atoms with Crippen LogP contribution in [0.5, 0.6) is 0 Å². The molecular formula is C18H19ClF3N3O. The van der Waals surface area contributed by atoms with Gasteiger partial charge in [0.25, 0.3) is 5.91 Å². The van der Waals surface area contributed by atoms with Crippen LogP contribution in [0.4, 0.5) is 24.5 Å². The molecule has 1 heterocycles. The Morgan fingerprint density at radius 3 is 2.62 bits per heavy atom. The summed E-state index contributed by atoms with van der Waals surface area (Å²) in [6.07, 6.45) is -0.834. The number of pyridine rings is 1. The van der Waals surface area contributed by atoms with Gasteiger partial charge < -0.3 is 10.6 Å². The Kier molecular flexibility index (Phi) is 6.47. The predicted octanol–water partition coefficient (Wildman–Crippen LogP) is 5.27. The summed E-state index contributed by atoms with van der Waals surface area (Å²) in [7, 11) is 0. The van der Waals surface area contributed by atoms with E-state index in [0.717, 1.165) is 18.6 Å². The molecule has 0 aliphatic rings. The fourth-order valence-corrected chi connectivity index (χ4v) is 2.33. The molecule has 4 nitrogen and oxygen atoms in total. The van der Waals surface area contributed by atoms with Gasteiger partial charge in [-0.15, -0.1) is 0 Å². The summed E-state index contributed by atoms with van der Waals surface area (Å²) in [4.78, 5) is 16.1. The zero-order valence-electron chi connectivity index (χ0n) is 14.3. The highest BCUT2D eigenvalue weighted by Gasteiger charge is 2.31. The molecule has 0 bridgehead atoms. The summed E-state index contributed by atoms with van der Waals surface area (Å²) < 4.78 is 38.5. The molecule has 2 aromatic rings. The van der Waals surface area contributed by atoms with Gasteiger partial charge in [-0.1, -0.05) is 25.4 Å². The molecule has 2 rings (SSSR count). The van der Waals surface area contributed by atoms with Crippen LogP contribution in [0.2, 0.25) is 5.02 Å². The summed E-state index contributed by atoms with van der Waals surface area (Å²) in [5.74, 6) is 0.168. The average molecular weight is 386 g/mol. The number of hydrogen-bond acceptors (Lipinski definition) is 3. The van der Waals surface area contributed by atoms with Crippen LogP contribution in [0, 0.1) is 5.92 Å². The van der Waals surface area contributed by atoms with Crippen molar-refractivity contribution in [3.05, 3.63) is 52.8 Å². The Morgan fingerprint density at radius 1 is 1.23 bits per heavy atom.